The van der Waals surface area contributed by atoms with E-state index in [1.54, 1.807) is 35.2 Å². The Morgan fingerprint density at radius 1 is 1.38 bits per heavy atom. The summed E-state index contributed by atoms with van der Waals surface area (Å²) >= 11 is 5.84. The molecule has 2 heterocycles. The summed E-state index contributed by atoms with van der Waals surface area (Å²) in [6.07, 6.45) is 7.79. The Bertz CT molecular complexity index is 771. The van der Waals surface area contributed by atoms with Crippen LogP contribution in [0.1, 0.15) is 17.2 Å². The van der Waals surface area contributed by atoms with Crippen LogP contribution in [0.3, 0.4) is 0 Å². The number of nitrogens with one attached hydrogen (secondary N) is 1. The van der Waals surface area contributed by atoms with Gasteiger partial charge < -0.3 is 5.32 Å². The fourth-order valence-corrected chi connectivity index (χ4v) is 2.59. The van der Waals surface area contributed by atoms with Crippen molar-refractivity contribution in [2.45, 2.75) is 12.5 Å². The van der Waals surface area contributed by atoms with Crippen LogP contribution in [0.15, 0.2) is 43.0 Å². The second-order valence-corrected chi connectivity index (χ2v) is 5.21. The molecule has 1 aromatic carbocycles. The van der Waals surface area contributed by atoms with Crippen LogP contribution in [0, 0.1) is 5.82 Å². The van der Waals surface area contributed by atoms with Crippen molar-refractivity contribution < 1.29 is 4.39 Å². The molecule has 6 heteroatoms. The SMILES string of the molecule is CNC(Cc1ccc(F)c(Cl)c1)c1cnn2ccncc12. The first-order chi connectivity index (χ1) is 10.2. The Hall–Kier alpha value is -1.98. The van der Waals surface area contributed by atoms with Gasteiger partial charge in [-0.1, -0.05) is 17.7 Å². The Morgan fingerprint density at radius 2 is 2.24 bits per heavy atom. The summed E-state index contributed by atoms with van der Waals surface area (Å²) in [6, 6.07) is 4.84. The molecule has 0 saturated carbocycles. The summed E-state index contributed by atoms with van der Waals surface area (Å²) in [5.74, 6) is -0.401. The van der Waals surface area contributed by atoms with Crippen LogP contribution >= 0.6 is 11.6 Å². The first-order valence-corrected chi connectivity index (χ1v) is 6.95. The average Bonchev–Trinajstić information content (AvgIpc) is 2.92. The lowest BCUT2D eigenvalue weighted by Crippen LogP contribution is -2.18. The van der Waals surface area contributed by atoms with E-state index in [1.165, 1.54) is 6.07 Å². The Kier molecular flexibility index (Phi) is 3.86. The van der Waals surface area contributed by atoms with Crippen molar-refractivity contribution in [3.63, 3.8) is 0 Å². The molecule has 0 fully saturated rings. The topological polar surface area (TPSA) is 42.2 Å². The van der Waals surface area contributed by atoms with Crippen molar-refractivity contribution in [3.8, 4) is 0 Å². The van der Waals surface area contributed by atoms with Crippen molar-refractivity contribution in [2.24, 2.45) is 0 Å². The monoisotopic (exact) mass is 304 g/mol. The number of nitrogens with zero attached hydrogens (tertiary/aromatic N) is 3. The minimum absolute atomic E-state index is 0.0493. The Labute approximate surface area is 126 Å². The molecule has 0 spiro atoms. The van der Waals surface area contributed by atoms with Crippen LogP contribution in [0.2, 0.25) is 5.02 Å². The van der Waals surface area contributed by atoms with Gasteiger partial charge in [0.25, 0.3) is 0 Å². The minimum atomic E-state index is -0.401. The second-order valence-electron chi connectivity index (χ2n) is 4.80. The molecule has 0 amide bonds. The zero-order valence-corrected chi connectivity index (χ0v) is 12.2. The summed E-state index contributed by atoms with van der Waals surface area (Å²) in [4.78, 5) is 4.14. The smallest absolute Gasteiger partial charge is 0.141 e. The van der Waals surface area contributed by atoms with Crippen LogP contribution in [0.25, 0.3) is 5.52 Å². The lowest BCUT2D eigenvalue weighted by Gasteiger charge is -2.15. The first kappa shape index (κ1) is 14.0. The Balaban J connectivity index is 1.93. The minimum Gasteiger partial charge on any atom is -0.313 e. The van der Waals surface area contributed by atoms with Crippen molar-refractivity contribution in [3.05, 3.63) is 65.0 Å². The molecule has 3 aromatic rings. The normalized spacial score (nSPS) is 12.7. The van der Waals surface area contributed by atoms with E-state index in [0.717, 1.165) is 16.6 Å². The molecule has 0 aliphatic heterocycles. The zero-order valence-electron chi connectivity index (χ0n) is 11.4. The van der Waals surface area contributed by atoms with E-state index in [-0.39, 0.29) is 11.1 Å². The molecular formula is C15H14ClFN4. The van der Waals surface area contributed by atoms with Crippen LogP contribution in [-0.4, -0.2) is 21.6 Å². The highest BCUT2D eigenvalue weighted by Gasteiger charge is 2.16. The third-order valence-electron chi connectivity index (χ3n) is 3.50. The number of halogens is 2. The number of hydrogen-bond acceptors (Lipinski definition) is 3. The first-order valence-electron chi connectivity index (χ1n) is 6.57. The maximum absolute atomic E-state index is 13.2. The predicted octanol–water partition coefficient (Wildman–Crippen LogP) is 3.03. The molecule has 0 aliphatic rings. The lowest BCUT2D eigenvalue weighted by atomic mass is 10.0. The molecule has 0 bridgehead atoms. The third kappa shape index (κ3) is 2.75. The van der Waals surface area contributed by atoms with Gasteiger partial charge in [0, 0.05) is 24.0 Å². The molecule has 1 N–H and O–H groups in total. The molecule has 21 heavy (non-hydrogen) atoms. The van der Waals surface area contributed by atoms with Gasteiger partial charge in [0.1, 0.15) is 5.82 Å². The highest BCUT2D eigenvalue weighted by atomic mass is 35.5. The summed E-state index contributed by atoms with van der Waals surface area (Å²) in [5.41, 5.74) is 2.96. The second kappa shape index (κ2) is 5.79. The number of fused-ring (bicyclic) bond motifs is 1. The summed E-state index contributed by atoms with van der Waals surface area (Å²) in [6.45, 7) is 0. The number of rotatable bonds is 4. The number of benzene rings is 1. The van der Waals surface area contributed by atoms with Gasteiger partial charge in [-0.05, 0) is 31.2 Å². The van der Waals surface area contributed by atoms with Crippen molar-refractivity contribution in [1.29, 1.82) is 0 Å². The molecule has 4 nitrogen and oxygen atoms in total. The highest BCUT2D eigenvalue weighted by Crippen LogP contribution is 2.24. The van der Waals surface area contributed by atoms with E-state index >= 15 is 0 Å². The van der Waals surface area contributed by atoms with Crippen LogP contribution in [0.5, 0.6) is 0 Å². The van der Waals surface area contributed by atoms with E-state index < -0.39 is 5.82 Å². The molecule has 1 atom stereocenters. The summed E-state index contributed by atoms with van der Waals surface area (Å²) < 4.78 is 15.0. The number of hydrogen-bond donors (Lipinski definition) is 1. The number of aromatic nitrogens is 3. The average molecular weight is 305 g/mol. The molecule has 1 unspecified atom stereocenters. The van der Waals surface area contributed by atoms with Gasteiger partial charge in [0.05, 0.1) is 22.9 Å². The predicted molar refractivity (Wildman–Crippen MR) is 79.9 cm³/mol. The van der Waals surface area contributed by atoms with Crippen LogP contribution in [-0.2, 0) is 6.42 Å². The van der Waals surface area contributed by atoms with Gasteiger partial charge in [-0.25, -0.2) is 8.91 Å². The quantitative estimate of drug-likeness (QED) is 0.805. The zero-order chi connectivity index (χ0) is 14.8. The van der Waals surface area contributed by atoms with E-state index in [2.05, 4.69) is 15.4 Å². The summed E-state index contributed by atoms with van der Waals surface area (Å²) in [5, 5.41) is 7.72. The highest BCUT2D eigenvalue weighted by molar-refractivity contribution is 6.30. The molecule has 0 aliphatic carbocycles. The molecular weight excluding hydrogens is 291 g/mol. The van der Waals surface area contributed by atoms with Crippen molar-refractivity contribution in [1.82, 2.24) is 19.9 Å². The molecule has 108 valence electrons. The molecule has 0 saturated heterocycles. The fraction of sp³-hybridized carbons (Fsp3) is 0.200. The van der Waals surface area contributed by atoms with Gasteiger partial charge >= 0.3 is 0 Å². The van der Waals surface area contributed by atoms with Gasteiger partial charge in [0.2, 0.25) is 0 Å². The van der Waals surface area contributed by atoms with E-state index in [9.17, 15) is 4.39 Å². The van der Waals surface area contributed by atoms with Crippen LogP contribution in [0.4, 0.5) is 4.39 Å². The standard InChI is InChI=1S/C15H14ClFN4/c1-18-14(7-10-2-3-13(17)12(16)6-10)11-8-20-21-5-4-19-9-15(11)21/h2-6,8-9,14,18H,7H2,1H3. The number of likely N-dealkylation sites (N-methyl/N-ethyl adjacent to an activating group) is 1. The van der Waals surface area contributed by atoms with Crippen molar-refractivity contribution >= 4 is 17.1 Å². The van der Waals surface area contributed by atoms with E-state index in [4.69, 9.17) is 11.6 Å². The summed E-state index contributed by atoms with van der Waals surface area (Å²) in [7, 11) is 1.88. The van der Waals surface area contributed by atoms with E-state index in [1.807, 2.05) is 13.2 Å². The lowest BCUT2D eigenvalue weighted by molar-refractivity contribution is 0.592. The molecule has 3 rings (SSSR count). The fourth-order valence-electron chi connectivity index (χ4n) is 2.39. The van der Waals surface area contributed by atoms with Gasteiger partial charge in [-0.3, -0.25) is 4.98 Å². The molecule has 2 aromatic heterocycles. The van der Waals surface area contributed by atoms with Crippen molar-refractivity contribution in [2.75, 3.05) is 7.05 Å². The van der Waals surface area contributed by atoms with Gasteiger partial charge in [0.15, 0.2) is 0 Å². The maximum atomic E-state index is 13.2. The Morgan fingerprint density at radius 3 is 3.00 bits per heavy atom. The van der Waals surface area contributed by atoms with Gasteiger partial charge in [-0.2, -0.15) is 5.10 Å². The van der Waals surface area contributed by atoms with E-state index in [0.29, 0.717) is 6.42 Å². The maximum Gasteiger partial charge on any atom is 0.141 e. The van der Waals surface area contributed by atoms with Crippen LogP contribution < -0.4 is 5.32 Å². The molecule has 0 radical (unpaired) electrons. The third-order valence-corrected chi connectivity index (χ3v) is 3.79. The largest absolute Gasteiger partial charge is 0.313 e. The van der Waals surface area contributed by atoms with Gasteiger partial charge in [-0.15, -0.1) is 0 Å².